The van der Waals surface area contributed by atoms with Crippen molar-refractivity contribution in [2.75, 3.05) is 8.86 Å². The Morgan fingerprint density at radius 3 is 2.16 bits per heavy atom. The average molecular weight is 490 g/mol. The molecule has 0 amide bonds. The fraction of sp³-hybridized carbons (Fsp3) is 0.182. The molecule has 1 aromatic carbocycles. The van der Waals surface area contributed by atoms with Gasteiger partial charge in [0.15, 0.2) is 11.5 Å². The number of carboxylic acids is 1. The Morgan fingerprint density at radius 2 is 1.63 bits per heavy atom. The molecule has 0 aliphatic rings. The Bertz CT molecular complexity index is 514. The molecule has 1 aromatic rings. The molecule has 0 aliphatic heterocycles. The van der Waals surface area contributed by atoms with E-state index >= 15 is 0 Å². The molecule has 0 bridgehead atoms. The summed E-state index contributed by atoms with van der Waals surface area (Å²) >= 11 is 3.59. The normalized spacial score (nSPS) is 9.79. The second kappa shape index (κ2) is 7.62. The van der Waals surface area contributed by atoms with Crippen LogP contribution in [0, 0.1) is 0 Å². The summed E-state index contributed by atoms with van der Waals surface area (Å²) in [5, 5.41) is 9.03. The van der Waals surface area contributed by atoms with Gasteiger partial charge >= 0.3 is 17.9 Å². The number of para-hydroxylation sites is 1. The van der Waals surface area contributed by atoms with Gasteiger partial charge in [0.05, 0.1) is 8.86 Å². The molecule has 19 heavy (non-hydrogen) atoms. The van der Waals surface area contributed by atoms with Crippen LogP contribution >= 0.6 is 45.2 Å². The highest BCUT2D eigenvalue weighted by atomic mass is 127. The first kappa shape index (κ1) is 16.1. The van der Waals surface area contributed by atoms with Gasteiger partial charge in [0.2, 0.25) is 0 Å². The predicted octanol–water partition coefficient (Wildman–Crippen LogP) is 2.07. The van der Waals surface area contributed by atoms with Crippen LogP contribution in [0.5, 0.6) is 11.5 Å². The summed E-state index contributed by atoms with van der Waals surface area (Å²) in [4.78, 5) is 33.6. The van der Waals surface area contributed by atoms with Gasteiger partial charge < -0.3 is 14.6 Å². The van der Waals surface area contributed by atoms with Crippen molar-refractivity contribution in [3.63, 3.8) is 0 Å². The fourth-order valence-corrected chi connectivity index (χ4v) is 1.47. The van der Waals surface area contributed by atoms with Crippen LogP contribution in [0.2, 0.25) is 0 Å². The molecule has 102 valence electrons. The molecule has 0 heterocycles. The molecule has 1 N–H and O–H groups in total. The standard InChI is InChI=1S/C11H8I2O6/c12-4-8(14)18-7-3-1-2-6(11(16)17)10(7)19-9(15)5-13/h1-3H,4-5H2,(H,16,17). The number of carbonyl (C=O) groups is 3. The van der Waals surface area contributed by atoms with E-state index < -0.39 is 17.9 Å². The number of rotatable bonds is 5. The Labute approximate surface area is 135 Å². The van der Waals surface area contributed by atoms with Crippen LogP contribution < -0.4 is 9.47 Å². The molecule has 0 atom stereocenters. The number of carbonyl (C=O) groups excluding carboxylic acids is 2. The highest BCUT2D eigenvalue weighted by molar-refractivity contribution is 14.1. The van der Waals surface area contributed by atoms with E-state index in [-0.39, 0.29) is 25.9 Å². The second-order valence-electron chi connectivity index (χ2n) is 3.15. The van der Waals surface area contributed by atoms with Crippen molar-refractivity contribution in [3.8, 4) is 11.5 Å². The first-order valence-corrected chi connectivity index (χ1v) is 7.94. The molecule has 0 aromatic heterocycles. The predicted molar refractivity (Wildman–Crippen MR) is 82.4 cm³/mol. The maximum Gasteiger partial charge on any atom is 0.339 e. The zero-order valence-electron chi connectivity index (χ0n) is 9.39. The summed E-state index contributed by atoms with van der Waals surface area (Å²) < 4.78 is 10.0. The van der Waals surface area contributed by atoms with Crippen LogP contribution in [0.25, 0.3) is 0 Å². The lowest BCUT2D eigenvalue weighted by Gasteiger charge is -2.11. The molecule has 0 spiro atoms. The van der Waals surface area contributed by atoms with E-state index in [4.69, 9.17) is 14.6 Å². The molecule has 0 unspecified atom stereocenters. The van der Waals surface area contributed by atoms with Gasteiger partial charge in [-0.15, -0.1) is 0 Å². The third kappa shape index (κ3) is 4.60. The molecule has 0 saturated carbocycles. The number of aromatic carboxylic acids is 1. The van der Waals surface area contributed by atoms with E-state index in [9.17, 15) is 14.4 Å². The number of alkyl halides is 2. The minimum absolute atomic E-state index is 0.0470. The van der Waals surface area contributed by atoms with Crippen molar-refractivity contribution in [2.24, 2.45) is 0 Å². The summed E-state index contributed by atoms with van der Waals surface area (Å²) in [7, 11) is 0. The van der Waals surface area contributed by atoms with Crippen molar-refractivity contribution in [1.29, 1.82) is 0 Å². The minimum atomic E-state index is -1.27. The van der Waals surface area contributed by atoms with Crippen molar-refractivity contribution in [3.05, 3.63) is 23.8 Å². The Kier molecular flexibility index (Phi) is 6.48. The van der Waals surface area contributed by atoms with Crippen LogP contribution in [-0.2, 0) is 9.59 Å². The van der Waals surface area contributed by atoms with E-state index in [1.54, 1.807) is 22.6 Å². The highest BCUT2D eigenvalue weighted by Crippen LogP contribution is 2.32. The molecule has 0 aliphatic carbocycles. The largest absolute Gasteiger partial charge is 0.478 e. The Balaban J connectivity index is 3.21. The molecule has 1 rings (SSSR count). The number of hydrogen-bond acceptors (Lipinski definition) is 5. The van der Waals surface area contributed by atoms with Gasteiger partial charge in [0.1, 0.15) is 5.56 Å². The third-order valence-corrected chi connectivity index (χ3v) is 3.11. The summed E-state index contributed by atoms with van der Waals surface area (Å²) in [6.07, 6.45) is 0. The van der Waals surface area contributed by atoms with E-state index in [1.807, 2.05) is 22.6 Å². The molecule has 0 saturated heterocycles. The monoisotopic (exact) mass is 490 g/mol. The first-order chi connectivity index (χ1) is 8.99. The molecule has 8 heteroatoms. The number of benzene rings is 1. The lowest BCUT2D eigenvalue weighted by molar-refractivity contribution is -0.133. The minimum Gasteiger partial charge on any atom is -0.478 e. The van der Waals surface area contributed by atoms with Gasteiger partial charge in [-0.1, -0.05) is 51.2 Å². The molecular weight excluding hydrogens is 482 g/mol. The number of hydrogen-bond donors (Lipinski definition) is 1. The maximum atomic E-state index is 11.3. The van der Waals surface area contributed by atoms with E-state index in [0.717, 1.165) is 0 Å². The van der Waals surface area contributed by atoms with Gasteiger partial charge in [-0.25, -0.2) is 4.79 Å². The quantitative estimate of drug-likeness (QED) is 0.295. The average Bonchev–Trinajstić information content (AvgIpc) is 2.39. The van der Waals surface area contributed by atoms with E-state index in [0.29, 0.717) is 0 Å². The van der Waals surface area contributed by atoms with Crippen LogP contribution in [0.4, 0.5) is 0 Å². The van der Waals surface area contributed by atoms with Gasteiger partial charge in [0, 0.05) is 0 Å². The molecule has 0 radical (unpaired) electrons. The zero-order chi connectivity index (χ0) is 14.4. The molecular formula is C11H8I2O6. The van der Waals surface area contributed by atoms with Gasteiger partial charge in [0.25, 0.3) is 0 Å². The van der Waals surface area contributed by atoms with Crippen LogP contribution in [0.3, 0.4) is 0 Å². The second-order valence-corrected chi connectivity index (χ2v) is 4.68. The smallest absolute Gasteiger partial charge is 0.339 e. The first-order valence-electron chi connectivity index (χ1n) is 4.89. The summed E-state index contributed by atoms with van der Waals surface area (Å²) in [6, 6.07) is 4.03. The van der Waals surface area contributed by atoms with Crippen molar-refractivity contribution >= 4 is 63.1 Å². The van der Waals surface area contributed by atoms with Crippen molar-refractivity contribution in [2.45, 2.75) is 0 Å². The van der Waals surface area contributed by atoms with Gasteiger partial charge in [-0.3, -0.25) is 9.59 Å². The molecule has 0 fully saturated rings. The third-order valence-electron chi connectivity index (χ3n) is 1.87. The summed E-state index contributed by atoms with van der Waals surface area (Å²) in [5.74, 6) is -2.80. The van der Waals surface area contributed by atoms with Gasteiger partial charge in [-0.05, 0) is 12.1 Å². The Morgan fingerprint density at radius 1 is 1.05 bits per heavy atom. The zero-order valence-corrected chi connectivity index (χ0v) is 13.7. The van der Waals surface area contributed by atoms with Crippen molar-refractivity contribution < 1.29 is 29.0 Å². The van der Waals surface area contributed by atoms with E-state index in [1.165, 1.54) is 18.2 Å². The number of halogens is 2. The number of carboxylic acid groups (broad SMARTS) is 1. The topological polar surface area (TPSA) is 89.9 Å². The Hall–Kier alpha value is -0.910. The molecule has 6 nitrogen and oxygen atoms in total. The maximum absolute atomic E-state index is 11.3. The number of esters is 2. The lowest BCUT2D eigenvalue weighted by atomic mass is 10.2. The summed E-state index contributed by atoms with van der Waals surface area (Å²) in [5.41, 5.74) is -0.239. The van der Waals surface area contributed by atoms with Gasteiger partial charge in [-0.2, -0.15) is 0 Å². The highest BCUT2D eigenvalue weighted by Gasteiger charge is 2.20. The van der Waals surface area contributed by atoms with Crippen molar-refractivity contribution in [1.82, 2.24) is 0 Å². The van der Waals surface area contributed by atoms with Crippen LogP contribution in [-0.4, -0.2) is 31.9 Å². The lowest BCUT2D eigenvalue weighted by Crippen LogP contribution is -2.15. The summed E-state index contributed by atoms with van der Waals surface area (Å²) in [6.45, 7) is 0. The number of ether oxygens (including phenoxy) is 2. The van der Waals surface area contributed by atoms with Crippen LogP contribution in [0.1, 0.15) is 10.4 Å². The fourth-order valence-electron chi connectivity index (χ4n) is 1.16. The van der Waals surface area contributed by atoms with Crippen LogP contribution in [0.15, 0.2) is 18.2 Å². The SMILES string of the molecule is O=C(CI)Oc1cccc(C(=O)O)c1OC(=O)CI. The van der Waals surface area contributed by atoms with E-state index in [2.05, 4.69) is 0 Å².